The molecule has 6 aliphatic rings. The maximum absolute atomic E-state index is 15.3. The van der Waals surface area contributed by atoms with Gasteiger partial charge in [-0.1, -0.05) is 42.2 Å². The number of benzene rings is 2. The Hall–Kier alpha value is -6.27. The minimum absolute atomic E-state index is 0. The van der Waals surface area contributed by atoms with Crippen LogP contribution >= 0.6 is 34.8 Å². The first-order valence-electron chi connectivity index (χ1n) is 30.0. The Balaban J connectivity index is 0.000000166. The van der Waals surface area contributed by atoms with E-state index in [4.69, 9.17) is 83.2 Å². The average Bonchev–Trinajstić information content (AvgIpc) is 2.31. The van der Waals surface area contributed by atoms with Crippen LogP contribution in [0.5, 0.6) is 35.3 Å². The smallest absolute Gasteiger partial charge is 0.319 e. The summed E-state index contributed by atoms with van der Waals surface area (Å²) < 4.78 is 70.9. The second-order valence-corrected chi connectivity index (χ2v) is 24.1. The van der Waals surface area contributed by atoms with Crippen LogP contribution < -0.4 is 28.7 Å². The third kappa shape index (κ3) is 12.4. The molecule has 12 heterocycles. The number of hydrogen-bond donors (Lipinski definition) is 0. The Bertz CT molecular complexity index is 3710. The first kappa shape index (κ1) is 60.0. The van der Waals surface area contributed by atoms with Crippen LogP contribution in [0.25, 0.3) is 43.6 Å². The fourth-order valence-corrected chi connectivity index (χ4v) is 13.2. The van der Waals surface area contributed by atoms with Crippen molar-refractivity contribution in [2.45, 2.75) is 135 Å². The number of halogens is 5. The Morgan fingerprint density at radius 3 is 1.50 bits per heavy atom. The van der Waals surface area contributed by atoms with E-state index in [0.717, 1.165) is 140 Å². The first-order chi connectivity index (χ1) is 41.5. The molecule has 6 fully saturated rings. The van der Waals surface area contributed by atoms with Crippen LogP contribution in [0.2, 0.25) is 15.2 Å². The van der Waals surface area contributed by atoms with E-state index < -0.39 is 11.6 Å². The minimum Gasteiger partial charge on any atom is -0.462 e. The van der Waals surface area contributed by atoms with Gasteiger partial charge in [-0.2, -0.15) is 35.1 Å². The predicted molar refractivity (Wildman–Crippen MR) is 328 cm³/mol. The number of pyridine rings is 2. The molecule has 458 valence electrons. The van der Waals surface area contributed by atoms with Crippen LogP contribution in [0.4, 0.5) is 20.4 Å². The average molecular weight is 1240 g/mol. The van der Waals surface area contributed by atoms with Crippen molar-refractivity contribution in [3.63, 3.8) is 0 Å². The molecule has 2 unspecified atom stereocenters. The number of hydrogen-bond acceptors (Lipinski definition) is 18. The zero-order valence-corrected chi connectivity index (χ0v) is 50.1. The van der Waals surface area contributed by atoms with E-state index in [1.165, 1.54) is 25.0 Å². The van der Waals surface area contributed by atoms with Gasteiger partial charge in [0.25, 0.3) is 0 Å². The molecular formula is C61H73Cl3F2N14O6. The molecule has 14 rings (SSSR count). The molecule has 4 atom stereocenters. The molecular weight excluding hydrogens is 1170 g/mol. The number of likely N-dealkylation sites (N-methyl/N-ethyl adjacent to an activating group) is 2. The van der Waals surface area contributed by atoms with Gasteiger partial charge in [-0.25, -0.2) is 23.1 Å². The standard InChI is InChI=1S/C30H34Cl2FN7O3.C30H35ClFN7O3.CH4/c1-38-10-7-8-18(38)17-42-30-36-26-19(28(37-30)39-11-4-2-5-12-39)14-23(31)35-29(26)43-27-20-16-34-40(24-9-3-6-13-41-24)22(20)15-21(33)25(27)32;1-37-12-7-8-19(37)18-41-30-35-26-20(28(36-30)38-13-4-2-5-14-38)10-11-33-29(26)42-27-21-17-34-39(24-9-3-6-15-40-24)23(21)16-22(32)25(27)31;/h14-16,18,24H,2-13,17H2,1H3;10-11,16-17,19,24H,2-9,12-15,18H2,1H3;1H4/t18-,24?;19-,24?;/m00./s1. The SMILES string of the molecule is C.CN1CCC[C@H]1COc1nc(N2CCCCC2)c2cc(Cl)nc(Oc3c(Cl)c(F)cc4c3cnn4C3CCCCO3)c2n1.CN1CCC[C@H]1COc1nc(N2CCCCC2)c2ccnc(Oc3c(Cl)c(F)cc4c3cnn4C3CCCCO3)c2n1. The second kappa shape index (κ2) is 26.6. The summed E-state index contributed by atoms with van der Waals surface area (Å²) in [7, 11) is 4.22. The fraction of sp³-hybridized carbons (Fsp3) is 0.541. The number of ether oxygens (including phenoxy) is 6. The lowest BCUT2D eigenvalue weighted by Gasteiger charge is -2.29. The van der Waals surface area contributed by atoms with Gasteiger partial charge in [-0.05, 0) is 142 Å². The van der Waals surface area contributed by atoms with E-state index in [1.54, 1.807) is 34.0 Å². The van der Waals surface area contributed by atoms with E-state index in [1.807, 2.05) is 6.07 Å². The third-order valence-electron chi connectivity index (χ3n) is 17.3. The molecule has 6 aliphatic heterocycles. The lowest BCUT2D eigenvalue weighted by atomic mass is 10.1. The molecule has 0 radical (unpaired) electrons. The van der Waals surface area contributed by atoms with Crippen molar-refractivity contribution in [1.82, 2.24) is 59.3 Å². The van der Waals surface area contributed by atoms with Gasteiger partial charge in [0.05, 0.1) is 45.0 Å². The summed E-state index contributed by atoms with van der Waals surface area (Å²) in [5, 5.41) is 11.5. The van der Waals surface area contributed by atoms with Crippen LogP contribution in [0, 0.1) is 11.6 Å². The highest BCUT2D eigenvalue weighted by Gasteiger charge is 2.31. The van der Waals surface area contributed by atoms with Crippen LogP contribution in [0.3, 0.4) is 0 Å². The van der Waals surface area contributed by atoms with Gasteiger partial charge >= 0.3 is 12.0 Å². The topological polar surface area (TPSA) is 181 Å². The summed E-state index contributed by atoms with van der Waals surface area (Å²) >= 11 is 19.6. The normalized spacial score (nSPS) is 21.5. The molecule has 6 saturated heterocycles. The summed E-state index contributed by atoms with van der Waals surface area (Å²) in [4.78, 5) is 37.4. The van der Waals surface area contributed by atoms with Crippen molar-refractivity contribution < 1.29 is 37.2 Å². The monoisotopic (exact) mass is 1240 g/mol. The minimum atomic E-state index is -0.638. The van der Waals surface area contributed by atoms with Crippen LogP contribution in [-0.4, -0.2) is 151 Å². The van der Waals surface area contributed by atoms with Crippen molar-refractivity contribution in [2.75, 3.05) is 89.6 Å². The van der Waals surface area contributed by atoms with Gasteiger partial charge in [0.2, 0.25) is 11.8 Å². The Morgan fingerprint density at radius 1 is 0.535 bits per heavy atom. The van der Waals surface area contributed by atoms with Gasteiger partial charge in [0.1, 0.15) is 62.7 Å². The lowest BCUT2D eigenvalue weighted by molar-refractivity contribution is -0.0368. The molecule has 0 saturated carbocycles. The molecule has 0 aliphatic carbocycles. The van der Waals surface area contributed by atoms with E-state index in [2.05, 4.69) is 53.9 Å². The highest BCUT2D eigenvalue weighted by molar-refractivity contribution is 6.34. The maximum atomic E-state index is 15.3. The van der Waals surface area contributed by atoms with E-state index in [-0.39, 0.29) is 70.4 Å². The largest absolute Gasteiger partial charge is 0.462 e. The van der Waals surface area contributed by atoms with Crippen LogP contribution in [0.15, 0.2) is 42.9 Å². The van der Waals surface area contributed by atoms with Gasteiger partial charge in [0, 0.05) is 69.8 Å². The molecule has 6 aromatic heterocycles. The zero-order valence-electron chi connectivity index (χ0n) is 47.8. The highest BCUT2D eigenvalue weighted by Crippen LogP contribution is 2.45. The highest BCUT2D eigenvalue weighted by atomic mass is 35.5. The molecule has 0 spiro atoms. The molecule has 25 heteroatoms. The van der Waals surface area contributed by atoms with Gasteiger partial charge in [-0.3, -0.25) is 0 Å². The fourth-order valence-electron chi connectivity index (χ4n) is 12.6. The van der Waals surface area contributed by atoms with Crippen molar-refractivity contribution in [3.8, 4) is 35.3 Å². The Kier molecular flexibility index (Phi) is 18.6. The summed E-state index contributed by atoms with van der Waals surface area (Å²) in [6, 6.07) is 7.50. The number of aromatic nitrogens is 10. The predicted octanol–water partition coefficient (Wildman–Crippen LogP) is 13.5. The summed E-state index contributed by atoms with van der Waals surface area (Å²) in [5.74, 6) is 0.773. The summed E-state index contributed by atoms with van der Waals surface area (Å²) in [6.45, 7) is 7.84. The Morgan fingerprint density at radius 2 is 1.02 bits per heavy atom. The van der Waals surface area contributed by atoms with E-state index in [0.29, 0.717) is 82.6 Å². The molecule has 86 heavy (non-hydrogen) atoms. The molecule has 8 aromatic rings. The number of fused-ring (bicyclic) bond motifs is 4. The lowest BCUT2D eigenvalue weighted by Crippen LogP contribution is -2.32. The molecule has 20 nitrogen and oxygen atoms in total. The van der Waals surface area contributed by atoms with Crippen LogP contribution in [0.1, 0.15) is 123 Å². The molecule has 0 N–H and O–H groups in total. The number of piperidine rings is 2. The van der Waals surface area contributed by atoms with E-state index in [9.17, 15) is 0 Å². The van der Waals surface area contributed by atoms with E-state index >= 15 is 8.78 Å². The van der Waals surface area contributed by atoms with Crippen molar-refractivity contribution in [1.29, 1.82) is 0 Å². The first-order valence-corrected chi connectivity index (χ1v) is 31.2. The number of nitrogens with zero attached hydrogens (tertiary/aromatic N) is 14. The second-order valence-electron chi connectivity index (χ2n) is 23.0. The number of anilines is 2. The van der Waals surface area contributed by atoms with Crippen molar-refractivity contribution in [2.24, 2.45) is 0 Å². The zero-order chi connectivity index (χ0) is 58.1. The number of likely N-dealkylation sites (tertiary alicyclic amines) is 2. The third-order valence-corrected chi connectivity index (χ3v) is 18.2. The number of rotatable bonds is 14. The quantitative estimate of drug-likeness (QED) is 0.0937. The maximum Gasteiger partial charge on any atom is 0.319 e. The molecule has 0 amide bonds. The molecule has 0 bridgehead atoms. The van der Waals surface area contributed by atoms with Crippen molar-refractivity contribution in [3.05, 3.63) is 69.7 Å². The van der Waals surface area contributed by atoms with Crippen molar-refractivity contribution >= 4 is 90.1 Å². The summed E-state index contributed by atoms with van der Waals surface area (Å²) in [6.07, 6.45) is 21.0. The van der Waals surface area contributed by atoms with Gasteiger partial charge < -0.3 is 48.0 Å². The molecule has 2 aromatic carbocycles. The van der Waals surface area contributed by atoms with Gasteiger partial charge in [-0.15, -0.1) is 0 Å². The summed E-state index contributed by atoms with van der Waals surface area (Å²) in [5.41, 5.74) is 1.96. The Labute approximate surface area is 513 Å². The van der Waals surface area contributed by atoms with Gasteiger partial charge in [0.15, 0.2) is 24.0 Å². The van der Waals surface area contributed by atoms with Crippen LogP contribution in [-0.2, 0) is 9.47 Å².